The van der Waals surface area contributed by atoms with Gasteiger partial charge < -0.3 is 19.3 Å². The fraction of sp³-hybridized carbons (Fsp3) is 0.867. The number of methoxy groups -OCH3 is 1. The fourth-order valence-electron chi connectivity index (χ4n) is 3.10. The van der Waals surface area contributed by atoms with Crippen LogP contribution in [0.25, 0.3) is 0 Å². The number of rotatable bonds is 5. The van der Waals surface area contributed by atoms with Crippen molar-refractivity contribution in [3.05, 3.63) is 0 Å². The Balaban J connectivity index is 1.97. The van der Waals surface area contributed by atoms with Crippen molar-refractivity contribution in [3.63, 3.8) is 0 Å². The van der Waals surface area contributed by atoms with Crippen molar-refractivity contribution >= 4 is 11.8 Å². The second-order valence-electron chi connectivity index (χ2n) is 6.16. The summed E-state index contributed by atoms with van der Waals surface area (Å²) in [5.74, 6) is 0.246. The Labute approximate surface area is 126 Å². The lowest BCUT2D eigenvalue weighted by atomic mass is 9.86. The van der Waals surface area contributed by atoms with Crippen LogP contribution in [0.4, 0.5) is 0 Å². The van der Waals surface area contributed by atoms with Crippen LogP contribution in [0.5, 0.6) is 0 Å². The van der Waals surface area contributed by atoms with Gasteiger partial charge in [0.15, 0.2) is 0 Å². The van der Waals surface area contributed by atoms with Crippen molar-refractivity contribution in [2.24, 2.45) is 11.8 Å². The van der Waals surface area contributed by atoms with Gasteiger partial charge in [-0.2, -0.15) is 0 Å². The maximum atomic E-state index is 12.7. The highest BCUT2D eigenvalue weighted by molar-refractivity contribution is 5.89. The zero-order chi connectivity index (χ0) is 15.4. The Bertz CT molecular complexity index is 386. The van der Waals surface area contributed by atoms with Gasteiger partial charge in [-0.25, -0.2) is 0 Å². The van der Waals surface area contributed by atoms with Crippen LogP contribution in [-0.4, -0.2) is 67.8 Å². The Kier molecular flexibility index (Phi) is 5.58. The van der Waals surface area contributed by atoms with Crippen molar-refractivity contribution in [1.29, 1.82) is 0 Å². The Hall–Kier alpha value is -1.14. The standard InChI is InChI=1S/C15H26N2O4/c1-11(2)14-12(5-4-7-21-14)15(19)17-9-13(18)16(10-17)6-8-20-3/h11-12,14H,4-10H2,1-3H3. The van der Waals surface area contributed by atoms with Gasteiger partial charge in [0.2, 0.25) is 11.8 Å². The number of carbonyl (C=O) groups is 2. The topological polar surface area (TPSA) is 59.1 Å². The third kappa shape index (κ3) is 3.74. The van der Waals surface area contributed by atoms with Gasteiger partial charge in [-0.05, 0) is 18.8 Å². The molecule has 2 atom stereocenters. The van der Waals surface area contributed by atoms with E-state index in [0.717, 1.165) is 19.4 Å². The van der Waals surface area contributed by atoms with Crippen LogP contribution in [0.3, 0.4) is 0 Å². The molecule has 2 fully saturated rings. The highest BCUT2D eigenvalue weighted by atomic mass is 16.5. The van der Waals surface area contributed by atoms with E-state index in [0.29, 0.717) is 25.7 Å². The second-order valence-corrected chi connectivity index (χ2v) is 6.16. The summed E-state index contributed by atoms with van der Waals surface area (Å²) in [6, 6.07) is 0. The largest absolute Gasteiger partial charge is 0.383 e. The van der Waals surface area contributed by atoms with Crippen LogP contribution in [0.2, 0.25) is 0 Å². The highest BCUT2D eigenvalue weighted by Gasteiger charge is 2.39. The van der Waals surface area contributed by atoms with E-state index in [-0.39, 0.29) is 30.4 Å². The Morgan fingerprint density at radius 1 is 1.48 bits per heavy atom. The van der Waals surface area contributed by atoms with Crippen molar-refractivity contribution in [2.45, 2.75) is 32.8 Å². The number of nitrogens with zero attached hydrogens (tertiary/aromatic N) is 2. The molecular formula is C15H26N2O4. The molecule has 21 heavy (non-hydrogen) atoms. The van der Waals surface area contributed by atoms with Crippen LogP contribution in [-0.2, 0) is 19.1 Å². The number of hydrogen-bond donors (Lipinski definition) is 0. The molecule has 2 saturated heterocycles. The van der Waals surface area contributed by atoms with E-state index in [1.54, 1.807) is 16.9 Å². The highest BCUT2D eigenvalue weighted by Crippen LogP contribution is 2.28. The van der Waals surface area contributed by atoms with Crippen LogP contribution in [0, 0.1) is 11.8 Å². The monoisotopic (exact) mass is 298 g/mol. The van der Waals surface area contributed by atoms with E-state index >= 15 is 0 Å². The second kappa shape index (κ2) is 7.22. The maximum Gasteiger partial charge on any atom is 0.243 e. The first kappa shape index (κ1) is 16.2. The molecule has 0 N–H and O–H groups in total. The molecule has 2 unspecified atom stereocenters. The minimum atomic E-state index is -0.117. The summed E-state index contributed by atoms with van der Waals surface area (Å²) in [5, 5.41) is 0. The molecule has 6 nitrogen and oxygen atoms in total. The Morgan fingerprint density at radius 2 is 2.24 bits per heavy atom. The van der Waals surface area contributed by atoms with Crippen molar-refractivity contribution in [1.82, 2.24) is 9.80 Å². The van der Waals surface area contributed by atoms with Crippen LogP contribution >= 0.6 is 0 Å². The zero-order valence-corrected chi connectivity index (χ0v) is 13.2. The van der Waals surface area contributed by atoms with E-state index in [9.17, 15) is 9.59 Å². The normalized spacial score (nSPS) is 26.8. The Morgan fingerprint density at radius 3 is 2.90 bits per heavy atom. The SMILES string of the molecule is COCCN1CN(C(=O)C2CCCOC2C(C)C)CC1=O. The first-order valence-corrected chi connectivity index (χ1v) is 7.71. The molecular weight excluding hydrogens is 272 g/mol. The zero-order valence-electron chi connectivity index (χ0n) is 13.2. The minimum absolute atomic E-state index is 0.00164. The maximum absolute atomic E-state index is 12.7. The molecule has 0 radical (unpaired) electrons. The molecule has 0 aromatic carbocycles. The van der Waals surface area contributed by atoms with E-state index in [2.05, 4.69) is 13.8 Å². The first-order chi connectivity index (χ1) is 10.0. The minimum Gasteiger partial charge on any atom is -0.383 e. The fourth-order valence-corrected chi connectivity index (χ4v) is 3.10. The van der Waals surface area contributed by atoms with Gasteiger partial charge in [-0.15, -0.1) is 0 Å². The molecule has 0 aromatic rings. The molecule has 2 aliphatic rings. The summed E-state index contributed by atoms with van der Waals surface area (Å²) < 4.78 is 10.8. The van der Waals surface area contributed by atoms with Crippen molar-refractivity contribution < 1.29 is 19.1 Å². The van der Waals surface area contributed by atoms with Crippen LogP contribution in [0.1, 0.15) is 26.7 Å². The number of amides is 2. The molecule has 0 saturated carbocycles. The van der Waals surface area contributed by atoms with Gasteiger partial charge in [0.25, 0.3) is 0 Å². The number of carbonyl (C=O) groups excluding carboxylic acids is 2. The smallest absolute Gasteiger partial charge is 0.243 e. The third-order valence-corrected chi connectivity index (χ3v) is 4.24. The summed E-state index contributed by atoms with van der Waals surface area (Å²) in [4.78, 5) is 28.0. The van der Waals surface area contributed by atoms with Crippen molar-refractivity contribution in [3.8, 4) is 0 Å². The van der Waals surface area contributed by atoms with E-state index < -0.39 is 0 Å². The van der Waals surface area contributed by atoms with Gasteiger partial charge in [0.1, 0.15) is 6.54 Å². The predicted octanol–water partition coefficient (Wildman–Crippen LogP) is 0.712. The third-order valence-electron chi connectivity index (χ3n) is 4.24. The summed E-state index contributed by atoms with van der Waals surface area (Å²) >= 11 is 0. The van der Waals surface area contributed by atoms with Gasteiger partial charge >= 0.3 is 0 Å². The van der Waals surface area contributed by atoms with Gasteiger partial charge in [0, 0.05) is 20.3 Å². The molecule has 0 aromatic heterocycles. The molecule has 0 spiro atoms. The molecule has 6 heteroatoms. The number of ether oxygens (including phenoxy) is 2. The molecule has 2 amide bonds. The molecule has 2 rings (SSSR count). The number of hydrogen-bond acceptors (Lipinski definition) is 4. The lowest BCUT2D eigenvalue weighted by molar-refractivity contribution is -0.147. The molecule has 0 bridgehead atoms. The van der Waals surface area contributed by atoms with Crippen molar-refractivity contribution in [2.75, 3.05) is 40.1 Å². The lowest BCUT2D eigenvalue weighted by Gasteiger charge is -2.35. The molecule has 120 valence electrons. The predicted molar refractivity (Wildman–Crippen MR) is 77.5 cm³/mol. The molecule has 2 heterocycles. The van der Waals surface area contributed by atoms with Crippen LogP contribution < -0.4 is 0 Å². The van der Waals surface area contributed by atoms with Crippen LogP contribution in [0.15, 0.2) is 0 Å². The van der Waals surface area contributed by atoms with E-state index in [1.807, 2.05) is 0 Å². The summed E-state index contributed by atoms with van der Waals surface area (Å²) in [6.07, 6.45) is 1.73. The molecule has 2 aliphatic heterocycles. The van der Waals surface area contributed by atoms with Gasteiger partial charge in [-0.3, -0.25) is 9.59 Å². The quantitative estimate of drug-likeness (QED) is 0.750. The first-order valence-electron chi connectivity index (χ1n) is 7.71. The van der Waals surface area contributed by atoms with E-state index in [1.165, 1.54) is 0 Å². The summed E-state index contributed by atoms with van der Waals surface area (Å²) in [5.41, 5.74) is 0. The molecule has 0 aliphatic carbocycles. The summed E-state index contributed by atoms with van der Waals surface area (Å²) in [6.45, 7) is 6.48. The average molecular weight is 298 g/mol. The van der Waals surface area contributed by atoms with Gasteiger partial charge in [-0.1, -0.05) is 13.8 Å². The average Bonchev–Trinajstić information content (AvgIpc) is 2.85. The lowest BCUT2D eigenvalue weighted by Crippen LogP contribution is -2.45. The summed E-state index contributed by atoms with van der Waals surface area (Å²) in [7, 11) is 1.61. The van der Waals surface area contributed by atoms with E-state index in [4.69, 9.17) is 9.47 Å². The van der Waals surface area contributed by atoms with Gasteiger partial charge in [0.05, 0.1) is 25.3 Å².